The summed E-state index contributed by atoms with van der Waals surface area (Å²) in [5, 5.41) is 8.51. The zero-order valence-electron chi connectivity index (χ0n) is 17.2. The summed E-state index contributed by atoms with van der Waals surface area (Å²) in [5.74, 6) is -0.1000. The second-order valence-electron chi connectivity index (χ2n) is 6.29. The largest absolute Gasteiger partial charge is 0.490 e. The molecule has 8 heteroatoms. The van der Waals surface area contributed by atoms with Crippen LogP contribution in [0.5, 0.6) is 5.75 Å². The molecule has 2 amide bonds. The fraction of sp³-hybridized carbons (Fsp3) is 0.318. The van der Waals surface area contributed by atoms with Crippen LogP contribution in [-0.4, -0.2) is 43.3 Å². The van der Waals surface area contributed by atoms with Crippen LogP contribution in [0.2, 0.25) is 0 Å². The van der Waals surface area contributed by atoms with E-state index in [-0.39, 0.29) is 11.0 Å². The number of amides is 2. The molecule has 7 nitrogen and oxygen atoms in total. The Kier molecular flexibility index (Phi) is 9.76. The molecule has 160 valence electrons. The SMILES string of the molecule is CCCNC(=O)c1cccc(NC(=S)NC(=O)c2ccccc2OCCOCC)c1. The Hall–Kier alpha value is -2.97. The molecule has 0 unspecified atom stereocenters. The minimum atomic E-state index is -0.392. The molecule has 2 aromatic carbocycles. The van der Waals surface area contributed by atoms with Gasteiger partial charge >= 0.3 is 0 Å². The first kappa shape index (κ1) is 23.3. The minimum Gasteiger partial charge on any atom is -0.490 e. The Morgan fingerprint density at radius 2 is 1.80 bits per heavy atom. The van der Waals surface area contributed by atoms with E-state index in [0.717, 1.165) is 6.42 Å². The number of benzene rings is 2. The lowest BCUT2D eigenvalue weighted by atomic mass is 10.2. The number of carbonyl (C=O) groups excluding carboxylic acids is 2. The number of anilines is 1. The number of hydrogen-bond acceptors (Lipinski definition) is 5. The molecule has 0 aliphatic rings. The lowest BCUT2D eigenvalue weighted by Gasteiger charge is -2.13. The third-order valence-electron chi connectivity index (χ3n) is 3.97. The molecular weight excluding hydrogens is 402 g/mol. The van der Waals surface area contributed by atoms with Crippen LogP contribution in [0.1, 0.15) is 41.0 Å². The lowest BCUT2D eigenvalue weighted by molar-refractivity contribution is 0.0948. The monoisotopic (exact) mass is 429 g/mol. The van der Waals surface area contributed by atoms with Crippen molar-refractivity contribution in [2.45, 2.75) is 20.3 Å². The van der Waals surface area contributed by atoms with Crippen molar-refractivity contribution in [3.8, 4) is 5.75 Å². The smallest absolute Gasteiger partial charge is 0.261 e. The molecule has 0 spiro atoms. The van der Waals surface area contributed by atoms with Crippen LogP contribution in [0.25, 0.3) is 0 Å². The Morgan fingerprint density at radius 3 is 2.57 bits per heavy atom. The first-order valence-electron chi connectivity index (χ1n) is 9.85. The maximum Gasteiger partial charge on any atom is 0.261 e. The molecule has 0 aliphatic carbocycles. The fourth-order valence-corrected chi connectivity index (χ4v) is 2.76. The van der Waals surface area contributed by atoms with Gasteiger partial charge in [0.1, 0.15) is 12.4 Å². The van der Waals surface area contributed by atoms with Crippen LogP contribution in [-0.2, 0) is 4.74 Å². The highest BCUT2D eigenvalue weighted by Gasteiger charge is 2.14. The summed E-state index contributed by atoms with van der Waals surface area (Å²) in [7, 11) is 0. The van der Waals surface area contributed by atoms with Gasteiger partial charge in [0.15, 0.2) is 5.11 Å². The van der Waals surface area contributed by atoms with E-state index in [1.165, 1.54) is 0 Å². The zero-order valence-corrected chi connectivity index (χ0v) is 18.0. The maximum atomic E-state index is 12.6. The third-order valence-corrected chi connectivity index (χ3v) is 4.17. The predicted molar refractivity (Wildman–Crippen MR) is 121 cm³/mol. The Balaban J connectivity index is 1.97. The van der Waals surface area contributed by atoms with Gasteiger partial charge in [0.05, 0.1) is 12.2 Å². The topological polar surface area (TPSA) is 88.7 Å². The maximum absolute atomic E-state index is 12.6. The molecule has 2 rings (SSSR count). The van der Waals surface area contributed by atoms with E-state index in [1.54, 1.807) is 48.5 Å². The minimum absolute atomic E-state index is 0.121. The zero-order chi connectivity index (χ0) is 21.8. The molecule has 0 aromatic heterocycles. The van der Waals surface area contributed by atoms with Crippen LogP contribution in [0.3, 0.4) is 0 Å². The molecule has 0 heterocycles. The Bertz CT molecular complexity index is 873. The third kappa shape index (κ3) is 7.46. The van der Waals surface area contributed by atoms with Gasteiger partial charge in [-0.15, -0.1) is 0 Å². The Morgan fingerprint density at radius 1 is 1.00 bits per heavy atom. The van der Waals surface area contributed by atoms with Crippen molar-refractivity contribution in [2.75, 3.05) is 31.7 Å². The van der Waals surface area contributed by atoms with Crippen LogP contribution in [0, 0.1) is 0 Å². The number of carbonyl (C=O) groups is 2. The van der Waals surface area contributed by atoms with E-state index in [0.29, 0.717) is 48.9 Å². The predicted octanol–water partition coefficient (Wildman–Crippen LogP) is 3.37. The van der Waals surface area contributed by atoms with E-state index >= 15 is 0 Å². The summed E-state index contributed by atoms with van der Waals surface area (Å²) >= 11 is 5.25. The number of hydrogen-bond donors (Lipinski definition) is 3. The first-order chi connectivity index (χ1) is 14.5. The molecule has 0 saturated carbocycles. The van der Waals surface area contributed by atoms with Gasteiger partial charge in [0, 0.05) is 24.4 Å². The first-order valence-corrected chi connectivity index (χ1v) is 10.3. The molecule has 30 heavy (non-hydrogen) atoms. The highest BCUT2D eigenvalue weighted by Crippen LogP contribution is 2.18. The number of ether oxygens (including phenoxy) is 2. The van der Waals surface area contributed by atoms with E-state index in [2.05, 4.69) is 16.0 Å². The molecule has 2 aromatic rings. The summed E-state index contributed by atoms with van der Waals surface area (Å²) < 4.78 is 10.9. The van der Waals surface area contributed by atoms with Gasteiger partial charge in [-0.2, -0.15) is 0 Å². The molecule has 0 atom stereocenters. The summed E-state index contributed by atoms with van der Waals surface area (Å²) in [4.78, 5) is 24.7. The number of rotatable bonds is 10. The molecule has 3 N–H and O–H groups in total. The molecule has 0 aliphatic heterocycles. The summed E-state index contributed by atoms with van der Waals surface area (Å²) in [5.41, 5.74) is 1.48. The highest BCUT2D eigenvalue weighted by atomic mass is 32.1. The van der Waals surface area contributed by atoms with Crippen LogP contribution < -0.4 is 20.7 Å². The van der Waals surface area contributed by atoms with Crippen molar-refractivity contribution in [2.24, 2.45) is 0 Å². The lowest BCUT2D eigenvalue weighted by Crippen LogP contribution is -2.34. The average molecular weight is 430 g/mol. The summed E-state index contributed by atoms with van der Waals surface area (Å²) in [6, 6.07) is 13.8. The van der Waals surface area contributed by atoms with E-state index in [1.807, 2.05) is 13.8 Å². The van der Waals surface area contributed by atoms with Gasteiger partial charge in [-0.1, -0.05) is 25.1 Å². The van der Waals surface area contributed by atoms with E-state index < -0.39 is 5.91 Å². The second-order valence-corrected chi connectivity index (χ2v) is 6.69. The number of nitrogens with one attached hydrogen (secondary N) is 3. The second kappa shape index (κ2) is 12.6. The highest BCUT2D eigenvalue weighted by molar-refractivity contribution is 7.80. The quantitative estimate of drug-likeness (QED) is 0.396. The van der Waals surface area contributed by atoms with Crippen molar-refractivity contribution >= 4 is 34.8 Å². The van der Waals surface area contributed by atoms with Gasteiger partial charge in [0.2, 0.25) is 0 Å². The molecule has 0 saturated heterocycles. The van der Waals surface area contributed by atoms with Crippen molar-refractivity contribution in [1.82, 2.24) is 10.6 Å². The number of para-hydroxylation sites is 1. The van der Waals surface area contributed by atoms with Crippen LogP contribution in [0.15, 0.2) is 48.5 Å². The van der Waals surface area contributed by atoms with Crippen LogP contribution in [0.4, 0.5) is 5.69 Å². The Labute approximate surface area is 182 Å². The van der Waals surface area contributed by atoms with E-state index in [4.69, 9.17) is 21.7 Å². The summed E-state index contributed by atoms with van der Waals surface area (Å²) in [6.45, 7) is 5.89. The van der Waals surface area contributed by atoms with E-state index in [9.17, 15) is 9.59 Å². The average Bonchev–Trinajstić information content (AvgIpc) is 2.75. The molecule has 0 bridgehead atoms. The molecular formula is C22H27N3O4S. The van der Waals surface area contributed by atoms with Gasteiger partial charge < -0.3 is 20.1 Å². The number of thiocarbonyl (C=S) groups is 1. The van der Waals surface area contributed by atoms with Crippen molar-refractivity contribution < 1.29 is 19.1 Å². The fourth-order valence-electron chi connectivity index (χ4n) is 2.55. The van der Waals surface area contributed by atoms with Gasteiger partial charge in [-0.3, -0.25) is 14.9 Å². The van der Waals surface area contributed by atoms with Crippen molar-refractivity contribution in [3.63, 3.8) is 0 Å². The summed E-state index contributed by atoms with van der Waals surface area (Å²) in [6.07, 6.45) is 0.858. The normalized spacial score (nSPS) is 10.2. The van der Waals surface area contributed by atoms with Gasteiger partial charge in [-0.05, 0) is 55.9 Å². The molecule has 0 fully saturated rings. The van der Waals surface area contributed by atoms with Gasteiger partial charge in [-0.25, -0.2) is 0 Å². The van der Waals surface area contributed by atoms with Crippen molar-refractivity contribution in [1.29, 1.82) is 0 Å². The van der Waals surface area contributed by atoms with Gasteiger partial charge in [0.25, 0.3) is 11.8 Å². The van der Waals surface area contributed by atoms with Crippen LogP contribution >= 0.6 is 12.2 Å². The molecule has 0 radical (unpaired) electrons. The van der Waals surface area contributed by atoms with Crippen molar-refractivity contribution in [3.05, 3.63) is 59.7 Å². The standard InChI is InChI=1S/C22H27N3O4S/c1-3-12-23-20(26)16-8-7-9-17(15-16)24-22(30)25-21(27)18-10-5-6-11-19(18)29-14-13-28-4-2/h5-11,15H,3-4,12-14H2,1-2H3,(H,23,26)(H2,24,25,27,30).